The van der Waals surface area contributed by atoms with Gasteiger partial charge in [0.15, 0.2) is 5.96 Å². The van der Waals surface area contributed by atoms with Crippen molar-refractivity contribution in [2.24, 2.45) is 16.1 Å². The van der Waals surface area contributed by atoms with Gasteiger partial charge in [-0.05, 0) is 25.7 Å². The van der Waals surface area contributed by atoms with E-state index in [0.717, 1.165) is 38.8 Å². The predicted molar refractivity (Wildman–Crippen MR) is 68.9 cm³/mol. The molecule has 110 valence electrons. The number of likely N-dealkylation sites (tertiary alicyclic amines) is 1. The molecule has 2 N–H and O–H groups in total. The van der Waals surface area contributed by atoms with E-state index in [4.69, 9.17) is 5.73 Å². The number of guanidine groups is 1. The van der Waals surface area contributed by atoms with Gasteiger partial charge in [-0.1, -0.05) is 19.3 Å². The third-order valence-electron chi connectivity index (χ3n) is 4.39. The van der Waals surface area contributed by atoms with Gasteiger partial charge in [0.05, 0.1) is 12.0 Å². The lowest BCUT2D eigenvalue weighted by Gasteiger charge is -2.42. The molecule has 6 heteroatoms. The summed E-state index contributed by atoms with van der Waals surface area (Å²) in [6, 6.07) is 0. The molecule has 0 aromatic rings. The second kappa shape index (κ2) is 5.59. The quantitative estimate of drug-likeness (QED) is 0.623. The number of hydrogen-bond acceptors (Lipinski definition) is 1. The Labute approximate surface area is 112 Å². The molecule has 0 bridgehead atoms. The Hall–Kier alpha value is -0.940. The molecule has 0 amide bonds. The second-order valence-corrected chi connectivity index (χ2v) is 5.71. The molecule has 0 atom stereocenters. The van der Waals surface area contributed by atoms with E-state index in [9.17, 15) is 13.2 Å². The highest BCUT2D eigenvalue weighted by molar-refractivity contribution is 5.78. The Balaban J connectivity index is 1.96. The van der Waals surface area contributed by atoms with Crippen LogP contribution in [0.5, 0.6) is 0 Å². The fraction of sp³-hybridized carbons (Fsp3) is 0.923. The number of nitrogens with two attached hydrogens (primary N) is 1. The molecule has 1 aliphatic heterocycles. The fourth-order valence-corrected chi connectivity index (χ4v) is 2.77. The lowest BCUT2D eigenvalue weighted by atomic mass is 9.68. The van der Waals surface area contributed by atoms with Crippen molar-refractivity contribution < 1.29 is 13.2 Å². The highest BCUT2D eigenvalue weighted by atomic mass is 19.4. The summed E-state index contributed by atoms with van der Waals surface area (Å²) in [5.74, 6) is 0.289. The minimum Gasteiger partial charge on any atom is -0.370 e. The van der Waals surface area contributed by atoms with Crippen molar-refractivity contribution in [3.8, 4) is 0 Å². The lowest BCUT2D eigenvalue weighted by Crippen LogP contribution is -2.47. The maximum absolute atomic E-state index is 13.0. The van der Waals surface area contributed by atoms with Crippen LogP contribution < -0.4 is 5.73 Å². The number of hydrogen-bond donors (Lipinski definition) is 1. The van der Waals surface area contributed by atoms with E-state index < -0.39 is 11.6 Å². The van der Waals surface area contributed by atoms with Crippen LogP contribution in [0.2, 0.25) is 0 Å². The average molecular weight is 277 g/mol. The summed E-state index contributed by atoms with van der Waals surface area (Å²) in [4.78, 5) is 5.98. The van der Waals surface area contributed by atoms with E-state index in [2.05, 4.69) is 4.99 Å². The molecule has 0 spiro atoms. The van der Waals surface area contributed by atoms with Crippen LogP contribution in [-0.4, -0.2) is 36.7 Å². The summed E-state index contributed by atoms with van der Waals surface area (Å²) in [7, 11) is 0. The molecule has 2 fully saturated rings. The van der Waals surface area contributed by atoms with Crippen molar-refractivity contribution in [3.05, 3.63) is 0 Å². The molecule has 2 aliphatic rings. The Kier molecular flexibility index (Phi) is 4.26. The maximum Gasteiger partial charge on any atom is 0.396 e. The zero-order chi connectivity index (χ0) is 13.9. The summed E-state index contributed by atoms with van der Waals surface area (Å²) in [5, 5.41) is 0. The standard InChI is InChI=1S/C13H22F3N3/c14-13(15,16)12(6-5-7-12)10-18-11(17)19-8-3-1-2-4-9-19/h1-10H2,(H2,17,18). The van der Waals surface area contributed by atoms with Gasteiger partial charge >= 0.3 is 6.18 Å². The van der Waals surface area contributed by atoms with Gasteiger partial charge in [0.1, 0.15) is 0 Å². The van der Waals surface area contributed by atoms with Crippen molar-refractivity contribution in [3.63, 3.8) is 0 Å². The predicted octanol–water partition coefficient (Wildman–Crippen LogP) is 2.91. The van der Waals surface area contributed by atoms with Crippen molar-refractivity contribution in [1.82, 2.24) is 4.90 Å². The van der Waals surface area contributed by atoms with Crippen LogP contribution in [0.15, 0.2) is 4.99 Å². The van der Waals surface area contributed by atoms with E-state index in [0.29, 0.717) is 6.42 Å². The molecule has 3 nitrogen and oxygen atoms in total. The molecule has 1 saturated heterocycles. The minimum absolute atomic E-state index is 0.188. The van der Waals surface area contributed by atoms with Gasteiger partial charge in [0.25, 0.3) is 0 Å². The molecule has 2 rings (SSSR count). The molecular formula is C13H22F3N3. The van der Waals surface area contributed by atoms with Gasteiger partial charge in [0, 0.05) is 13.1 Å². The SMILES string of the molecule is NC(=NCC1(C(F)(F)F)CCC1)N1CCCCCC1. The minimum atomic E-state index is -4.16. The summed E-state index contributed by atoms with van der Waals surface area (Å²) >= 11 is 0. The van der Waals surface area contributed by atoms with E-state index >= 15 is 0 Å². The van der Waals surface area contributed by atoms with Crippen molar-refractivity contribution in [1.29, 1.82) is 0 Å². The number of halogens is 3. The third kappa shape index (κ3) is 3.15. The lowest BCUT2D eigenvalue weighted by molar-refractivity contribution is -0.246. The first-order chi connectivity index (χ1) is 8.95. The van der Waals surface area contributed by atoms with Crippen LogP contribution in [0, 0.1) is 5.41 Å². The van der Waals surface area contributed by atoms with Crippen molar-refractivity contribution in [2.45, 2.75) is 51.1 Å². The molecule has 0 unspecified atom stereocenters. The number of rotatable bonds is 2. The Bertz CT molecular complexity index is 327. The zero-order valence-electron chi connectivity index (χ0n) is 11.2. The van der Waals surface area contributed by atoms with Crippen LogP contribution in [0.1, 0.15) is 44.9 Å². The Morgan fingerprint density at radius 3 is 2.05 bits per heavy atom. The van der Waals surface area contributed by atoms with Crippen LogP contribution in [0.25, 0.3) is 0 Å². The second-order valence-electron chi connectivity index (χ2n) is 5.71. The van der Waals surface area contributed by atoms with Gasteiger partial charge in [0.2, 0.25) is 0 Å². The fourth-order valence-electron chi connectivity index (χ4n) is 2.77. The molecule has 1 saturated carbocycles. The first-order valence-corrected chi connectivity index (χ1v) is 7.06. The van der Waals surface area contributed by atoms with E-state index in [1.54, 1.807) is 0 Å². The monoisotopic (exact) mass is 277 g/mol. The molecule has 1 aliphatic carbocycles. The van der Waals surface area contributed by atoms with Gasteiger partial charge in [-0.25, -0.2) is 0 Å². The smallest absolute Gasteiger partial charge is 0.370 e. The largest absolute Gasteiger partial charge is 0.396 e. The van der Waals surface area contributed by atoms with Gasteiger partial charge < -0.3 is 10.6 Å². The van der Waals surface area contributed by atoms with Gasteiger partial charge in [-0.2, -0.15) is 13.2 Å². The van der Waals surface area contributed by atoms with E-state index in [-0.39, 0.29) is 25.3 Å². The van der Waals surface area contributed by atoms with Crippen LogP contribution in [0.3, 0.4) is 0 Å². The summed E-state index contributed by atoms with van der Waals surface area (Å²) in [6.45, 7) is 1.42. The summed E-state index contributed by atoms with van der Waals surface area (Å²) < 4.78 is 39.0. The molecule has 0 aromatic heterocycles. The van der Waals surface area contributed by atoms with Crippen LogP contribution >= 0.6 is 0 Å². The van der Waals surface area contributed by atoms with E-state index in [1.165, 1.54) is 0 Å². The topological polar surface area (TPSA) is 41.6 Å². The number of aliphatic imine (C=N–C) groups is 1. The first kappa shape index (κ1) is 14.5. The first-order valence-electron chi connectivity index (χ1n) is 7.06. The Morgan fingerprint density at radius 2 is 1.63 bits per heavy atom. The summed E-state index contributed by atoms with van der Waals surface area (Å²) in [6.07, 6.45) is 1.26. The molecule has 1 heterocycles. The van der Waals surface area contributed by atoms with Crippen molar-refractivity contribution >= 4 is 5.96 Å². The highest BCUT2D eigenvalue weighted by Crippen LogP contribution is 2.53. The average Bonchev–Trinajstić information content (AvgIpc) is 2.53. The number of alkyl halides is 3. The van der Waals surface area contributed by atoms with Crippen molar-refractivity contribution in [2.75, 3.05) is 19.6 Å². The zero-order valence-corrected chi connectivity index (χ0v) is 11.2. The van der Waals surface area contributed by atoms with Crippen LogP contribution in [-0.2, 0) is 0 Å². The third-order valence-corrected chi connectivity index (χ3v) is 4.39. The van der Waals surface area contributed by atoms with E-state index in [1.807, 2.05) is 4.90 Å². The number of nitrogens with zero attached hydrogens (tertiary/aromatic N) is 2. The van der Waals surface area contributed by atoms with Crippen LogP contribution in [0.4, 0.5) is 13.2 Å². The summed E-state index contributed by atoms with van der Waals surface area (Å²) in [5.41, 5.74) is 4.25. The molecule has 19 heavy (non-hydrogen) atoms. The highest BCUT2D eigenvalue weighted by Gasteiger charge is 2.58. The molecule has 0 radical (unpaired) electrons. The Morgan fingerprint density at radius 1 is 1.05 bits per heavy atom. The van der Waals surface area contributed by atoms with Gasteiger partial charge in [-0.3, -0.25) is 4.99 Å². The molecular weight excluding hydrogens is 255 g/mol. The van der Waals surface area contributed by atoms with Gasteiger partial charge in [-0.15, -0.1) is 0 Å². The molecule has 0 aromatic carbocycles. The normalized spacial score (nSPS) is 24.8. The maximum atomic E-state index is 13.0.